The fraction of sp³-hybridized carbons (Fsp3) is 0.263. The van der Waals surface area contributed by atoms with Crippen LogP contribution in [0.15, 0.2) is 54.6 Å². The van der Waals surface area contributed by atoms with Gasteiger partial charge in [0.25, 0.3) is 0 Å². The van der Waals surface area contributed by atoms with Crippen molar-refractivity contribution in [2.75, 3.05) is 11.4 Å². The summed E-state index contributed by atoms with van der Waals surface area (Å²) in [4.78, 5) is 25.5. The molecule has 5 heteroatoms. The third-order valence-corrected chi connectivity index (χ3v) is 4.23. The lowest BCUT2D eigenvalue weighted by Gasteiger charge is -2.32. The number of anilines is 1. The molecule has 3 rings (SSSR count). The van der Waals surface area contributed by atoms with E-state index in [4.69, 9.17) is 5.11 Å². The Balaban J connectivity index is 1.66. The fourth-order valence-electron chi connectivity index (χ4n) is 2.98. The lowest BCUT2D eigenvalue weighted by atomic mass is 10.0. The molecule has 124 valence electrons. The standard InChI is InChI=1S/C19H20N2O3/c22-18-17(10-5-11-21(18)16-8-2-1-3-9-16)20-13-14-6-4-7-15(12-14)19(23)24/h1-4,6-9,12,17,20H,5,10-11,13H2,(H,23,24). The number of nitrogens with zero attached hydrogens (tertiary/aromatic N) is 1. The minimum Gasteiger partial charge on any atom is -0.478 e. The first-order valence-electron chi connectivity index (χ1n) is 8.07. The molecule has 1 aliphatic rings. The predicted octanol–water partition coefficient (Wildman–Crippen LogP) is 2.67. The highest BCUT2D eigenvalue weighted by atomic mass is 16.4. The Morgan fingerprint density at radius 1 is 1.17 bits per heavy atom. The number of carboxylic acids is 1. The van der Waals surface area contributed by atoms with Crippen molar-refractivity contribution in [3.63, 3.8) is 0 Å². The number of nitrogens with one attached hydrogen (secondary N) is 1. The van der Waals surface area contributed by atoms with E-state index in [-0.39, 0.29) is 17.5 Å². The van der Waals surface area contributed by atoms with Crippen molar-refractivity contribution >= 4 is 17.6 Å². The van der Waals surface area contributed by atoms with Crippen molar-refractivity contribution in [3.8, 4) is 0 Å². The smallest absolute Gasteiger partial charge is 0.335 e. The molecule has 24 heavy (non-hydrogen) atoms. The quantitative estimate of drug-likeness (QED) is 0.887. The summed E-state index contributed by atoms with van der Waals surface area (Å²) in [6.45, 7) is 1.20. The molecule has 0 bridgehead atoms. The van der Waals surface area contributed by atoms with Gasteiger partial charge in [0.1, 0.15) is 0 Å². The molecule has 5 nitrogen and oxygen atoms in total. The molecule has 2 aromatic carbocycles. The zero-order chi connectivity index (χ0) is 16.9. The van der Waals surface area contributed by atoms with E-state index >= 15 is 0 Å². The van der Waals surface area contributed by atoms with Gasteiger partial charge < -0.3 is 15.3 Å². The topological polar surface area (TPSA) is 69.6 Å². The van der Waals surface area contributed by atoms with E-state index in [1.165, 1.54) is 0 Å². The monoisotopic (exact) mass is 324 g/mol. The van der Waals surface area contributed by atoms with E-state index < -0.39 is 5.97 Å². The van der Waals surface area contributed by atoms with Crippen LogP contribution in [0.3, 0.4) is 0 Å². The normalized spacial score (nSPS) is 17.8. The Kier molecular flexibility index (Phi) is 4.91. The predicted molar refractivity (Wildman–Crippen MR) is 92.1 cm³/mol. The van der Waals surface area contributed by atoms with Crippen LogP contribution in [0, 0.1) is 0 Å². The zero-order valence-electron chi connectivity index (χ0n) is 13.3. The minimum atomic E-state index is -0.944. The van der Waals surface area contributed by atoms with Crippen LogP contribution in [0.25, 0.3) is 0 Å². The number of benzene rings is 2. The van der Waals surface area contributed by atoms with Crippen LogP contribution in [0.5, 0.6) is 0 Å². The maximum absolute atomic E-state index is 12.7. The fourth-order valence-corrected chi connectivity index (χ4v) is 2.98. The number of piperidine rings is 1. The second-order valence-electron chi connectivity index (χ2n) is 5.91. The van der Waals surface area contributed by atoms with Gasteiger partial charge in [-0.15, -0.1) is 0 Å². The zero-order valence-corrected chi connectivity index (χ0v) is 13.3. The van der Waals surface area contributed by atoms with Crippen LogP contribution >= 0.6 is 0 Å². The number of carbonyl (C=O) groups excluding carboxylic acids is 1. The molecule has 2 N–H and O–H groups in total. The first-order chi connectivity index (χ1) is 11.6. The van der Waals surface area contributed by atoms with Crippen LogP contribution in [-0.4, -0.2) is 29.6 Å². The summed E-state index contributed by atoms with van der Waals surface area (Å²) in [7, 11) is 0. The van der Waals surface area contributed by atoms with Crippen LogP contribution in [0.1, 0.15) is 28.8 Å². The van der Waals surface area contributed by atoms with Gasteiger partial charge >= 0.3 is 5.97 Å². The van der Waals surface area contributed by atoms with Gasteiger partial charge in [0.05, 0.1) is 11.6 Å². The van der Waals surface area contributed by atoms with Gasteiger partial charge in [-0.2, -0.15) is 0 Å². The molecule has 0 radical (unpaired) electrons. The van der Waals surface area contributed by atoms with Crippen molar-refractivity contribution in [3.05, 3.63) is 65.7 Å². The van der Waals surface area contributed by atoms with Gasteiger partial charge in [-0.25, -0.2) is 4.79 Å². The SMILES string of the molecule is O=C(O)c1cccc(CNC2CCCN(c3ccccc3)C2=O)c1. The molecular weight excluding hydrogens is 304 g/mol. The summed E-state index contributed by atoms with van der Waals surface area (Å²) in [5.41, 5.74) is 2.04. The maximum atomic E-state index is 12.7. The number of hydrogen-bond donors (Lipinski definition) is 2. The Morgan fingerprint density at radius 2 is 1.96 bits per heavy atom. The molecule has 1 unspecified atom stereocenters. The first kappa shape index (κ1) is 16.2. The summed E-state index contributed by atoms with van der Waals surface area (Å²) in [5.74, 6) is -0.873. The molecule has 1 amide bonds. The van der Waals surface area contributed by atoms with Crippen LogP contribution in [0.4, 0.5) is 5.69 Å². The molecule has 1 fully saturated rings. The Morgan fingerprint density at radius 3 is 2.71 bits per heavy atom. The van der Waals surface area contributed by atoms with E-state index in [1.54, 1.807) is 18.2 Å². The van der Waals surface area contributed by atoms with Crippen molar-refractivity contribution < 1.29 is 14.7 Å². The highest BCUT2D eigenvalue weighted by Crippen LogP contribution is 2.21. The van der Waals surface area contributed by atoms with E-state index in [0.29, 0.717) is 6.54 Å². The molecule has 0 spiro atoms. The molecule has 0 saturated carbocycles. The lowest BCUT2D eigenvalue weighted by Crippen LogP contribution is -2.50. The summed E-state index contributed by atoms with van der Waals surface area (Å²) in [5, 5.41) is 12.3. The van der Waals surface area contributed by atoms with Crippen molar-refractivity contribution in [2.24, 2.45) is 0 Å². The van der Waals surface area contributed by atoms with Gasteiger partial charge in [0.2, 0.25) is 5.91 Å². The van der Waals surface area contributed by atoms with E-state index in [2.05, 4.69) is 5.32 Å². The molecule has 1 aliphatic heterocycles. The minimum absolute atomic E-state index is 0.0711. The highest BCUT2D eigenvalue weighted by Gasteiger charge is 2.29. The summed E-state index contributed by atoms with van der Waals surface area (Å²) < 4.78 is 0. The molecule has 2 aromatic rings. The molecule has 0 aliphatic carbocycles. The van der Waals surface area contributed by atoms with Crippen molar-refractivity contribution in [2.45, 2.75) is 25.4 Å². The number of carboxylic acid groups (broad SMARTS) is 1. The number of hydrogen-bond acceptors (Lipinski definition) is 3. The van der Waals surface area contributed by atoms with Crippen LogP contribution in [-0.2, 0) is 11.3 Å². The average molecular weight is 324 g/mol. The van der Waals surface area contributed by atoms with E-state index in [1.807, 2.05) is 41.3 Å². The van der Waals surface area contributed by atoms with Crippen molar-refractivity contribution in [1.82, 2.24) is 5.32 Å². The molecule has 1 atom stereocenters. The average Bonchev–Trinajstić information content (AvgIpc) is 2.62. The Hall–Kier alpha value is -2.66. The summed E-state index contributed by atoms with van der Waals surface area (Å²) >= 11 is 0. The van der Waals surface area contributed by atoms with Gasteiger partial charge in [0.15, 0.2) is 0 Å². The van der Waals surface area contributed by atoms with Gasteiger partial charge in [-0.05, 0) is 42.7 Å². The first-order valence-corrected chi connectivity index (χ1v) is 8.07. The summed E-state index contributed by atoms with van der Waals surface area (Å²) in [6, 6.07) is 16.2. The second-order valence-corrected chi connectivity index (χ2v) is 5.91. The Labute approximate surface area is 140 Å². The second kappa shape index (κ2) is 7.27. The van der Waals surface area contributed by atoms with Gasteiger partial charge in [-0.3, -0.25) is 4.79 Å². The van der Waals surface area contributed by atoms with Crippen molar-refractivity contribution in [1.29, 1.82) is 0 Å². The molecular formula is C19H20N2O3. The number of rotatable bonds is 5. The Bertz CT molecular complexity index is 730. The lowest BCUT2D eigenvalue weighted by molar-refractivity contribution is -0.121. The molecule has 0 aromatic heterocycles. The summed E-state index contributed by atoms with van der Waals surface area (Å²) in [6.07, 6.45) is 1.73. The maximum Gasteiger partial charge on any atom is 0.335 e. The van der Waals surface area contributed by atoms with Crippen LogP contribution < -0.4 is 10.2 Å². The number of carbonyl (C=O) groups is 2. The number of aromatic carboxylic acids is 1. The third-order valence-electron chi connectivity index (χ3n) is 4.23. The van der Waals surface area contributed by atoms with Gasteiger partial charge in [-0.1, -0.05) is 30.3 Å². The third kappa shape index (κ3) is 3.63. The van der Waals surface area contributed by atoms with Crippen LogP contribution in [0.2, 0.25) is 0 Å². The molecule has 1 heterocycles. The number of para-hydroxylation sites is 1. The van der Waals surface area contributed by atoms with E-state index in [0.717, 1.165) is 30.6 Å². The van der Waals surface area contributed by atoms with Gasteiger partial charge in [0, 0.05) is 18.8 Å². The largest absolute Gasteiger partial charge is 0.478 e. The number of amides is 1. The highest BCUT2D eigenvalue weighted by molar-refractivity contribution is 5.97. The van der Waals surface area contributed by atoms with E-state index in [9.17, 15) is 9.59 Å². The molecule has 1 saturated heterocycles.